The minimum absolute atomic E-state index is 0.0144. The van der Waals surface area contributed by atoms with E-state index in [0.29, 0.717) is 22.9 Å². The Morgan fingerprint density at radius 3 is 2.85 bits per heavy atom. The van der Waals surface area contributed by atoms with Crippen molar-refractivity contribution in [1.29, 1.82) is 0 Å². The van der Waals surface area contributed by atoms with Gasteiger partial charge in [-0.2, -0.15) is 0 Å². The Labute approximate surface area is 231 Å². The number of halogens is 3. The number of nitrogens with one attached hydrogen (secondary N) is 1. The third-order valence-electron chi connectivity index (χ3n) is 8.16. The van der Waals surface area contributed by atoms with Gasteiger partial charge in [-0.25, -0.2) is 13.6 Å². The number of pyridine rings is 1. The molecule has 2 fully saturated rings. The number of hydrogen-bond donors (Lipinski definition) is 1. The molecule has 0 spiro atoms. The Kier molecular flexibility index (Phi) is 6.09. The van der Waals surface area contributed by atoms with Crippen LogP contribution in [0.1, 0.15) is 29.2 Å². The maximum atomic E-state index is 12.9. The van der Waals surface area contributed by atoms with Gasteiger partial charge >= 0.3 is 5.69 Å². The first-order chi connectivity index (χ1) is 18.9. The molecule has 1 N–H and O–H groups in total. The second kappa shape index (κ2) is 9.53. The topological polar surface area (TPSA) is 72.2 Å². The van der Waals surface area contributed by atoms with Gasteiger partial charge in [-0.15, -0.1) is 11.3 Å². The van der Waals surface area contributed by atoms with Crippen molar-refractivity contribution < 1.29 is 8.78 Å². The Bertz CT molecular complexity index is 1710. The normalized spacial score (nSPS) is 21.9. The molecule has 1 aliphatic carbocycles. The summed E-state index contributed by atoms with van der Waals surface area (Å²) < 4.78 is 28.7. The zero-order valence-corrected chi connectivity index (χ0v) is 22.5. The van der Waals surface area contributed by atoms with Crippen molar-refractivity contribution in [3.05, 3.63) is 79.0 Å². The predicted molar refractivity (Wildman–Crippen MR) is 150 cm³/mol. The number of hydrogen-bond acceptors (Lipinski definition) is 6. The number of fused-ring (bicyclic) bond motifs is 4. The van der Waals surface area contributed by atoms with E-state index in [1.54, 1.807) is 6.20 Å². The summed E-state index contributed by atoms with van der Waals surface area (Å²) >= 11 is 8.16. The van der Waals surface area contributed by atoms with Crippen LogP contribution < -0.4 is 21.5 Å². The van der Waals surface area contributed by atoms with E-state index in [4.69, 9.17) is 11.6 Å². The monoisotopic (exact) mass is 569 g/mol. The second-order valence-electron chi connectivity index (χ2n) is 10.6. The highest BCUT2D eigenvalue weighted by Gasteiger charge is 2.47. The smallest absolute Gasteiger partial charge is 0.331 e. The van der Waals surface area contributed by atoms with Gasteiger partial charge in [0.15, 0.2) is 0 Å². The summed E-state index contributed by atoms with van der Waals surface area (Å²) in [5.41, 5.74) is 4.14. The van der Waals surface area contributed by atoms with Crippen LogP contribution in [-0.4, -0.2) is 46.2 Å². The quantitative estimate of drug-likeness (QED) is 0.369. The molecular formula is C28H26ClF2N5O2S. The van der Waals surface area contributed by atoms with E-state index in [9.17, 15) is 18.4 Å². The van der Waals surface area contributed by atoms with Gasteiger partial charge in [0.25, 0.3) is 12.0 Å². The Morgan fingerprint density at radius 2 is 2.05 bits per heavy atom. The van der Waals surface area contributed by atoms with Crippen molar-refractivity contribution in [2.45, 2.75) is 44.3 Å². The van der Waals surface area contributed by atoms with Crippen LogP contribution in [0, 0.1) is 5.92 Å². The molecule has 2 aliphatic heterocycles. The number of nitrogens with zero attached hydrogens (tertiary/aromatic N) is 4. The molecule has 202 valence electrons. The number of anilines is 1. The lowest BCUT2D eigenvalue weighted by atomic mass is 9.92. The van der Waals surface area contributed by atoms with Gasteiger partial charge in [0.2, 0.25) is 0 Å². The maximum absolute atomic E-state index is 12.9. The van der Waals surface area contributed by atoms with E-state index in [0.717, 1.165) is 73.7 Å². The largest absolute Gasteiger partial charge is 0.366 e. The van der Waals surface area contributed by atoms with Crippen molar-refractivity contribution in [2.24, 2.45) is 5.92 Å². The zero-order chi connectivity index (χ0) is 26.8. The molecule has 0 unspecified atom stereocenters. The second-order valence-corrected chi connectivity index (χ2v) is 12.2. The first-order valence-corrected chi connectivity index (χ1v) is 14.3. The highest BCUT2D eigenvalue weighted by Crippen LogP contribution is 2.58. The standard InChI is InChI=1S/C28H26ClF2N5O2S/c29-16-8-21(26-22(9-16)20-7-15(20)12-35(26)17-1-4-32-11-17)19-2-5-33-23-10-18(39-27(19)23)13-36-25(37)3-6-34(28(36)38)14-24(30)31/h2-3,5-6,8-10,15,17,20,24,32H,1,4,7,11-14H2/t15-,17+,20-/m1/s1. The first-order valence-electron chi connectivity index (χ1n) is 13.1. The fourth-order valence-electron chi connectivity index (χ4n) is 6.26. The molecule has 4 aromatic rings. The van der Waals surface area contributed by atoms with Gasteiger partial charge < -0.3 is 10.2 Å². The van der Waals surface area contributed by atoms with Gasteiger partial charge in [0.1, 0.15) is 0 Å². The number of aromatic nitrogens is 3. The first kappa shape index (κ1) is 24.9. The lowest BCUT2D eigenvalue weighted by molar-refractivity contribution is 0.124. The number of rotatable bonds is 6. The molecule has 3 aromatic heterocycles. The minimum Gasteiger partial charge on any atom is -0.366 e. The lowest BCUT2D eigenvalue weighted by Gasteiger charge is -2.37. The molecule has 0 radical (unpaired) electrons. The van der Waals surface area contributed by atoms with Gasteiger partial charge in [0.05, 0.1) is 23.3 Å². The highest BCUT2D eigenvalue weighted by atomic mass is 35.5. The third-order valence-corrected chi connectivity index (χ3v) is 9.52. The van der Waals surface area contributed by atoms with Crippen molar-refractivity contribution in [1.82, 2.24) is 19.4 Å². The van der Waals surface area contributed by atoms with Crippen LogP contribution in [0.5, 0.6) is 0 Å². The van der Waals surface area contributed by atoms with Crippen LogP contribution in [0.4, 0.5) is 14.5 Å². The molecule has 3 aliphatic rings. The Balaban J connectivity index is 1.33. The van der Waals surface area contributed by atoms with Crippen molar-refractivity contribution >= 4 is 38.8 Å². The molecule has 1 aromatic carbocycles. The van der Waals surface area contributed by atoms with Crippen LogP contribution in [0.25, 0.3) is 21.3 Å². The van der Waals surface area contributed by atoms with Crippen molar-refractivity contribution in [3.63, 3.8) is 0 Å². The van der Waals surface area contributed by atoms with E-state index in [1.807, 2.05) is 18.2 Å². The van der Waals surface area contributed by atoms with Gasteiger partial charge in [0, 0.05) is 64.3 Å². The number of benzene rings is 1. The molecule has 3 atom stereocenters. The highest BCUT2D eigenvalue weighted by molar-refractivity contribution is 7.19. The van der Waals surface area contributed by atoms with E-state index >= 15 is 0 Å². The number of alkyl halides is 2. The molecule has 5 heterocycles. The SMILES string of the molecule is O=c1ccn(CC(F)F)c(=O)n1Cc1cc2nccc(-c3cc(Cl)cc4c3N([C@H]3CCNC3)C[C@H]3C[C@@H]43)c2s1. The summed E-state index contributed by atoms with van der Waals surface area (Å²) in [7, 11) is 0. The van der Waals surface area contributed by atoms with E-state index < -0.39 is 24.2 Å². The summed E-state index contributed by atoms with van der Waals surface area (Å²) in [5.74, 6) is 1.22. The number of thiophene rings is 1. The average Bonchev–Trinajstić information content (AvgIpc) is 3.29. The molecule has 1 saturated carbocycles. The van der Waals surface area contributed by atoms with Gasteiger partial charge in [-0.3, -0.25) is 18.9 Å². The summed E-state index contributed by atoms with van der Waals surface area (Å²) in [4.78, 5) is 33.2. The summed E-state index contributed by atoms with van der Waals surface area (Å²) in [6.45, 7) is 2.25. The molecule has 7 nitrogen and oxygen atoms in total. The summed E-state index contributed by atoms with van der Waals surface area (Å²) in [6, 6.07) is 9.62. The van der Waals surface area contributed by atoms with E-state index in [-0.39, 0.29) is 6.54 Å². The van der Waals surface area contributed by atoms with Crippen molar-refractivity contribution in [3.8, 4) is 11.1 Å². The maximum Gasteiger partial charge on any atom is 0.331 e. The molecule has 0 bridgehead atoms. The fourth-order valence-corrected chi connectivity index (χ4v) is 7.62. The van der Waals surface area contributed by atoms with E-state index in [2.05, 4.69) is 21.3 Å². The molecular weight excluding hydrogens is 544 g/mol. The third kappa shape index (κ3) is 4.38. The Morgan fingerprint density at radius 1 is 1.18 bits per heavy atom. The fraction of sp³-hybridized carbons (Fsp3) is 0.393. The molecule has 1 saturated heterocycles. The molecule has 0 amide bonds. The van der Waals surface area contributed by atoms with E-state index in [1.165, 1.54) is 29.0 Å². The predicted octanol–water partition coefficient (Wildman–Crippen LogP) is 4.54. The van der Waals surface area contributed by atoms with Crippen LogP contribution in [0.3, 0.4) is 0 Å². The molecule has 39 heavy (non-hydrogen) atoms. The minimum atomic E-state index is -2.70. The van der Waals surface area contributed by atoms with Gasteiger partial charge in [-0.05, 0) is 61.1 Å². The zero-order valence-electron chi connectivity index (χ0n) is 20.9. The summed E-state index contributed by atoms with van der Waals surface area (Å²) in [6.07, 6.45) is 2.49. The molecule has 11 heteroatoms. The van der Waals surface area contributed by atoms with Crippen LogP contribution in [0.15, 0.2) is 52.3 Å². The van der Waals surface area contributed by atoms with Gasteiger partial charge in [-0.1, -0.05) is 11.6 Å². The lowest BCUT2D eigenvalue weighted by Crippen LogP contribution is -2.41. The van der Waals surface area contributed by atoms with Crippen LogP contribution >= 0.6 is 22.9 Å². The van der Waals surface area contributed by atoms with Crippen LogP contribution in [-0.2, 0) is 13.1 Å². The van der Waals surface area contributed by atoms with Crippen LogP contribution in [0.2, 0.25) is 5.02 Å². The molecule has 7 rings (SSSR count). The Hall–Kier alpha value is -3.08. The van der Waals surface area contributed by atoms with Crippen molar-refractivity contribution in [2.75, 3.05) is 24.5 Å². The average molecular weight is 570 g/mol. The summed E-state index contributed by atoms with van der Waals surface area (Å²) in [5, 5.41) is 4.21.